The third kappa shape index (κ3) is 3.89. The first-order valence-electron chi connectivity index (χ1n) is 8.32. The van der Waals surface area contributed by atoms with Crippen LogP contribution in [0.3, 0.4) is 0 Å². The molecule has 124 valence electrons. The van der Waals surface area contributed by atoms with E-state index in [9.17, 15) is 14.0 Å². The summed E-state index contributed by atoms with van der Waals surface area (Å²) >= 11 is 0. The molecule has 1 aromatic rings. The summed E-state index contributed by atoms with van der Waals surface area (Å²) in [4.78, 5) is 25.7. The van der Waals surface area contributed by atoms with Crippen LogP contribution in [-0.2, 0) is 16.1 Å². The van der Waals surface area contributed by atoms with E-state index < -0.39 is 5.97 Å². The van der Waals surface area contributed by atoms with Crippen molar-refractivity contribution in [3.8, 4) is 0 Å². The van der Waals surface area contributed by atoms with Crippen LogP contribution in [0.4, 0.5) is 4.39 Å². The van der Waals surface area contributed by atoms with Gasteiger partial charge in [-0.05, 0) is 56.2 Å². The highest BCUT2D eigenvalue weighted by Crippen LogP contribution is 2.35. The van der Waals surface area contributed by atoms with Gasteiger partial charge in [-0.2, -0.15) is 0 Å². The Bertz CT molecular complexity index is 592. The highest BCUT2D eigenvalue weighted by molar-refractivity contribution is 5.80. The number of aliphatic carboxylic acids is 1. The third-order valence-corrected chi connectivity index (χ3v) is 4.94. The average molecular weight is 319 g/mol. The Hall–Kier alpha value is -1.91. The summed E-state index contributed by atoms with van der Waals surface area (Å²) in [6.45, 7) is 0.445. The molecule has 0 aromatic heterocycles. The minimum Gasteiger partial charge on any atom is -0.481 e. The summed E-state index contributed by atoms with van der Waals surface area (Å²) in [5, 5.41) is 9.06. The van der Waals surface area contributed by atoms with Crippen molar-refractivity contribution in [1.29, 1.82) is 0 Å². The number of hydrogen-bond donors (Lipinski definition) is 1. The lowest BCUT2D eigenvalue weighted by Crippen LogP contribution is -2.39. The number of carboxylic acid groups (broad SMARTS) is 1. The van der Waals surface area contributed by atoms with Crippen LogP contribution in [0, 0.1) is 17.7 Å². The number of carbonyl (C=O) groups is 2. The molecule has 0 radical (unpaired) electrons. The first kappa shape index (κ1) is 16.0. The van der Waals surface area contributed by atoms with Gasteiger partial charge in [0, 0.05) is 18.5 Å². The van der Waals surface area contributed by atoms with E-state index >= 15 is 0 Å². The molecule has 1 aromatic carbocycles. The van der Waals surface area contributed by atoms with Gasteiger partial charge in [0.05, 0.1) is 5.92 Å². The van der Waals surface area contributed by atoms with Crippen molar-refractivity contribution < 1.29 is 19.1 Å². The summed E-state index contributed by atoms with van der Waals surface area (Å²) in [5.74, 6) is -1.32. The maximum Gasteiger partial charge on any atom is 0.306 e. The Morgan fingerprint density at radius 1 is 1.09 bits per heavy atom. The van der Waals surface area contributed by atoms with E-state index in [0.717, 1.165) is 18.4 Å². The Labute approximate surface area is 135 Å². The summed E-state index contributed by atoms with van der Waals surface area (Å²) < 4.78 is 13.3. The summed E-state index contributed by atoms with van der Waals surface area (Å²) in [7, 11) is 0. The number of carbonyl (C=O) groups excluding carboxylic acids is 1. The molecule has 2 aliphatic rings. The first-order valence-corrected chi connectivity index (χ1v) is 8.32. The molecule has 0 heterocycles. The number of nitrogens with zero attached hydrogens (tertiary/aromatic N) is 1. The van der Waals surface area contributed by atoms with Gasteiger partial charge in [0.1, 0.15) is 5.82 Å². The fraction of sp³-hybridized carbons (Fsp3) is 0.556. The quantitative estimate of drug-likeness (QED) is 0.906. The van der Waals surface area contributed by atoms with E-state index in [4.69, 9.17) is 5.11 Å². The van der Waals surface area contributed by atoms with Crippen LogP contribution in [0.1, 0.15) is 44.1 Å². The number of amides is 1. The topological polar surface area (TPSA) is 57.6 Å². The summed E-state index contributed by atoms with van der Waals surface area (Å²) in [6, 6.07) is 6.65. The van der Waals surface area contributed by atoms with Crippen molar-refractivity contribution >= 4 is 11.9 Å². The molecule has 5 heteroatoms. The maximum atomic E-state index is 13.3. The van der Waals surface area contributed by atoms with Crippen LogP contribution in [0.25, 0.3) is 0 Å². The van der Waals surface area contributed by atoms with E-state index in [1.165, 1.54) is 12.1 Å². The maximum absolute atomic E-state index is 13.3. The highest BCUT2D eigenvalue weighted by atomic mass is 19.1. The normalized spacial score (nSPS) is 24.2. The molecule has 0 saturated heterocycles. The highest BCUT2D eigenvalue weighted by Gasteiger charge is 2.38. The van der Waals surface area contributed by atoms with Gasteiger partial charge in [-0.3, -0.25) is 9.59 Å². The third-order valence-electron chi connectivity index (χ3n) is 4.94. The molecule has 3 rings (SSSR count). The number of carboxylic acids is 1. The van der Waals surface area contributed by atoms with Crippen LogP contribution < -0.4 is 0 Å². The molecule has 23 heavy (non-hydrogen) atoms. The fourth-order valence-corrected chi connectivity index (χ4v) is 3.43. The minimum atomic E-state index is -0.755. The fourth-order valence-electron chi connectivity index (χ4n) is 3.43. The number of rotatable bonds is 5. The van der Waals surface area contributed by atoms with E-state index in [1.807, 2.05) is 11.0 Å². The van der Waals surface area contributed by atoms with Gasteiger partial charge in [-0.25, -0.2) is 4.39 Å². The Morgan fingerprint density at radius 3 is 2.30 bits per heavy atom. The van der Waals surface area contributed by atoms with E-state index in [2.05, 4.69) is 0 Å². The molecule has 0 unspecified atom stereocenters. The lowest BCUT2D eigenvalue weighted by atomic mass is 9.81. The van der Waals surface area contributed by atoms with E-state index in [0.29, 0.717) is 32.2 Å². The summed E-state index contributed by atoms with van der Waals surface area (Å²) in [5.41, 5.74) is 0.810. The number of halogens is 1. The van der Waals surface area contributed by atoms with Crippen molar-refractivity contribution in [3.63, 3.8) is 0 Å². The average Bonchev–Trinajstić information content (AvgIpc) is 3.37. The van der Waals surface area contributed by atoms with Crippen molar-refractivity contribution in [3.05, 3.63) is 35.6 Å². The van der Waals surface area contributed by atoms with Gasteiger partial charge < -0.3 is 10.0 Å². The molecule has 2 fully saturated rings. The monoisotopic (exact) mass is 319 g/mol. The molecule has 2 aliphatic carbocycles. The molecule has 0 aliphatic heterocycles. The zero-order valence-electron chi connectivity index (χ0n) is 13.1. The second kappa shape index (κ2) is 6.69. The molecule has 0 bridgehead atoms. The molecule has 0 spiro atoms. The van der Waals surface area contributed by atoms with Crippen molar-refractivity contribution in [1.82, 2.24) is 4.90 Å². The molecule has 4 nitrogen and oxygen atoms in total. The smallest absolute Gasteiger partial charge is 0.306 e. The molecular weight excluding hydrogens is 297 g/mol. The Morgan fingerprint density at radius 2 is 1.74 bits per heavy atom. The van der Waals surface area contributed by atoms with Crippen LogP contribution >= 0.6 is 0 Å². The second-order valence-electron chi connectivity index (χ2n) is 6.71. The molecule has 1 amide bonds. The number of hydrogen-bond acceptors (Lipinski definition) is 2. The lowest BCUT2D eigenvalue weighted by Gasteiger charge is -2.31. The molecule has 1 N–H and O–H groups in total. The number of benzene rings is 1. The second-order valence-corrected chi connectivity index (χ2v) is 6.71. The van der Waals surface area contributed by atoms with Gasteiger partial charge in [-0.15, -0.1) is 0 Å². The van der Waals surface area contributed by atoms with Crippen LogP contribution in [0.15, 0.2) is 24.3 Å². The molecule has 0 atom stereocenters. The van der Waals surface area contributed by atoms with Crippen molar-refractivity contribution in [2.45, 2.75) is 51.1 Å². The summed E-state index contributed by atoms with van der Waals surface area (Å²) in [6.07, 6.45) is 4.44. The van der Waals surface area contributed by atoms with Gasteiger partial charge in [0.15, 0.2) is 0 Å². The molecule has 2 saturated carbocycles. The van der Waals surface area contributed by atoms with Crippen LogP contribution in [-0.4, -0.2) is 27.9 Å². The largest absolute Gasteiger partial charge is 0.481 e. The van der Waals surface area contributed by atoms with Gasteiger partial charge in [0.2, 0.25) is 5.91 Å². The van der Waals surface area contributed by atoms with Crippen molar-refractivity contribution in [2.24, 2.45) is 11.8 Å². The SMILES string of the molecule is O=C(O)C1CCC(C(=O)N(Cc2cccc(F)c2)C2CC2)CC1. The Kier molecular flexibility index (Phi) is 4.64. The predicted octanol–water partition coefficient (Wildman–Crippen LogP) is 3.21. The molecular formula is C18H22FNO3. The standard InChI is InChI=1S/C18H22FNO3/c19-15-3-1-2-12(10-15)11-20(16-8-9-16)17(21)13-4-6-14(7-5-13)18(22)23/h1-3,10,13-14,16H,4-9,11H2,(H,22,23). The van der Waals surface area contributed by atoms with Crippen LogP contribution in [0.2, 0.25) is 0 Å². The van der Waals surface area contributed by atoms with E-state index in [-0.39, 0.29) is 29.6 Å². The zero-order valence-corrected chi connectivity index (χ0v) is 13.1. The van der Waals surface area contributed by atoms with Gasteiger partial charge >= 0.3 is 5.97 Å². The Balaban J connectivity index is 1.64. The van der Waals surface area contributed by atoms with Gasteiger partial charge in [-0.1, -0.05) is 12.1 Å². The predicted molar refractivity (Wildman–Crippen MR) is 83.1 cm³/mol. The first-order chi connectivity index (χ1) is 11.0. The lowest BCUT2D eigenvalue weighted by molar-refractivity contribution is -0.146. The van der Waals surface area contributed by atoms with Gasteiger partial charge in [0.25, 0.3) is 0 Å². The zero-order chi connectivity index (χ0) is 16.4. The minimum absolute atomic E-state index is 0.0836. The van der Waals surface area contributed by atoms with E-state index in [1.54, 1.807) is 6.07 Å². The van der Waals surface area contributed by atoms with Crippen LogP contribution in [0.5, 0.6) is 0 Å². The van der Waals surface area contributed by atoms with Crippen molar-refractivity contribution in [2.75, 3.05) is 0 Å².